The molecule has 0 aliphatic heterocycles. The van der Waals surface area contributed by atoms with E-state index in [1.54, 1.807) is 20.1 Å². The van der Waals surface area contributed by atoms with Gasteiger partial charge in [0.25, 0.3) is 11.8 Å². The lowest BCUT2D eigenvalue weighted by Gasteiger charge is -2.23. The number of carboxylic acid groups (broad SMARTS) is 1. The second-order valence-corrected chi connectivity index (χ2v) is 18.2. The van der Waals surface area contributed by atoms with Crippen molar-refractivity contribution in [3.63, 3.8) is 0 Å². The van der Waals surface area contributed by atoms with E-state index >= 15 is 8.78 Å². The number of amides is 2. The van der Waals surface area contributed by atoms with Crippen LogP contribution in [-0.4, -0.2) is 70.9 Å². The van der Waals surface area contributed by atoms with E-state index in [9.17, 15) is 49.5 Å². The molecule has 0 fully saturated rings. The molecule has 3 heterocycles. The van der Waals surface area contributed by atoms with Crippen molar-refractivity contribution in [1.29, 1.82) is 0 Å². The molecule has 67 heavy (non-hydrogen) atoms. The topological polar surface area (TPSA) is 135 Å². The molecule has 356 valence electrons. The molecule has 2 N–H and O–H groups in total. The summed E-state index contributed by atoms with van der Waals surface area (Å²) < 4.78 is 147. The maximum Gasteiger partial charge on any atom is 0.435 e. The van der Waals surface area contributed by atoms with E-state index in [4.69, 9.17) is 16.7 Å². The minimum absolute atomic E-state index is 0.00189. The summed E-state index contributed by atoms with van der Waals surface area (Å²) >= 11 is 8.67. The minimum Gasteiger partial charge on any atom is -0.478 e. The Morgan fingerprint density at radius 2 is 1.66 bits per heavy atom. The molecule has 0 saturated heterocycles. The standard InChI is InChI=1S/C43H36ClF10N7O4S2/c1-21-18-41(47,48)38-33(21)37(43(52,53)54)57-59(38)19-30(62)56-29(16-22-14-23(45)17-24(46)15-22)35-26(7-6-25(55-35)12-13-40(2,3)66-4)27-8-9-28(44)34-36(27)60(20-42(49,50)51)58-39(34)61(67-5)31(63)10-11-32(64)65/h6-11,14-15,17,21,29H,16,18-20H2,1-5H3,(H,56,62)(H,64,65)/b11-10+/t21-,29?/m0/s1. The Morgan fingerprint density at radius 3 is 2.25 bits per heavy atom. The summed E-state index contributed by atoms with van der Waals surface area (Å²) in [5.41, 5.74) is -4.53. The van der Waals surface area contributed by atoms with Crippen molar-refractivity contribution in [2.75, 3.05) is 16.8 Å². The zero-order valence-corrected chi connectivity index (χ0v) is 37.9. The Kier molecular flexibility index (Phi) is 14.5. The maximum absolute atomic E-state index is 15.3. The highest BCUT2D eigenvalue weighted by molar-refractivity contribution is 8.00. The number of carboxylic acids is 1. The van der Waals surface area contributed by atoms with Crippen molar-refractivity contribution in [2.24, 2.45) is 0 Å². The molecule has 2 amide bonds. The number of pyridine rings is 1. The first-order valence-electron chi connectivity index (χ1n) is 19.6. The molecule has 6 rings (SSSR count). The van der Waals surface area contributed by atoms with Crippen LogP contribution in [0.2, 0.25) is 5.02 Å². The zero-order chi connectivity index (χ0) is 49.6. The molecule has 5 aromatic rings. The number of rotatable bonds is 13. The van der Waals surface area contributed by atoms with Crippen LogP contribution in [0.25, 0.3) is 22.0 Å². The van der Waals surface area contributed by atoms with Gasteiger partial charge in [-0.3, -0.25) is 19.0 Å². The quantitative estimate of drug-likeness (QED) is 0.0512. The summed E-state index contributed by atoms with van der Waals surface area (Å²) in [4.78, 5) is 43.3. The molecule has 0 radical (unpaired) electrons. The molecule has 11 nitrogen and oxygen atoms in total. The van der Waals surface area contributed by atoms with Crippen molar-refractivity contribution in [1.82, 2.24) is 29.9 Å². The van der Waals surface area contributed by atoms with Gasteiger partial charge in [-0.05, 0) is 86.2 Å². The van der Waals surface area contributed by atoms with Crippen LogP contribution in [-0.2, 0) is 46.0 Å². The Labute approximate surface area is 388 Å². The molecule has 0 bridgehead atoms. The third kappa shape index (κ3) is 11.4. The fourth-order valence-corrected chi connectivity index (χ4v) is 8.42. The molecular formula is C43H36ClF10N7O4S2. The van der Waals surface area contributed by atoms with E-state index < -0.39 is 113 Å². The van der Waals surface area contributed by atoms with Crippen molar-refractivity contribution >= 4 is 69.8 Å². The van der Waals surface area contributed by atoms with Crippen LogP contribution in [0.15, 0.2) is 54.6 Å². The number of anilines is 1. The first kappa shape index (κ1) is 50.7. The highest BCUT2D eigenvalue weighted by atomic mass is 35.5. The van der Waals surface area contributed by atoms with Gasteiger partial charge in [0.05, 0.1) is 32.4 Å². The van der Waals surface area contributed by atoms with Gasteiger partial charge in [0.2, 0.25) is 5.91 Å². The summed E-state index contributed by atoms with van der Waals surface area (Å²) in [6.45, 7) is 1.71. The Morgan fingerprint density at radius 1 is 1.00 bits per heavy atom. The maximum atomic E-state index is 15.3. The van der Waals surface area contributed by atoms with E-state index in [0.29, 0.717) is 34.8 Å². The van der Waals surface area contributed by atoms with Gasteiger partial charge in [-0.15, -0.1) is 11.8 Å². The normalized spacial score (nSPS) is 15.4. The summed E-state index contributed by atoms with van der Waals surface area (Å²) in [6, 6.07) is 5.94. The van der Waals surface area contributed by atoms with E-state index in [0.717, 1.165) is 23.4 Å². The van der Waals surface area contributed by atoms with E-state index in [1.165, 1.54) is 42.3 Å². The number of aliphatic carboxylic acids is 1. The number of hydrogen-bond donors (Lipinski definition) is 2. The highest BCUT2D eigenvalue weighted by Gasteiger charge is 2.53. The van der Waals surface area contributed by atoms with E-state index in [-0.39, 0.29) is 48.7 Å². The number of thioether (sulfide) groups is 1. The van der Waals surface area contributed by atoms with Crippen LogP contribution in [0.1, 0.15) is 73.1 Å². The summed E-state index contributed by atoms with van der Waals surface area (Å²) in [7, 11) is 0. The van der Waals surface area contributed by atoms with Crippen LogP contribution >= 0.6 is 35.3 Å². The number of halogens is 11. The highest BCUT2D eigenvalue weighted by Crippen LogP contribution is 2.52. The van der Waals surface area contributed by atoms with Gasteiger partial charge in [-0.1, -0.05) is 30.5 Å². The third-order valence-corrected chi connectivity index (χ3v) is 12.4. The van der Waals surface area contributed by atoms with Crippen molar-refractivity contribution in [3.05, 3.63) is 105 Å². The molecule has 1 aliphatic rings. The molecule has 24 heteroatoms. The fourth-order valence-electron chi connectivity index (χ4n) is 7.49. The number of carbonyl (C=O) groups is 3. The second kappa shape index (κ2) is 19.1. The molecule has 1 aliphatic carbocycles. The summed E-state index contributed by atoms with van der Waals surface area (Å²) in [5.74, 6) is -5.60. The number of carbonyl (C=O) groups excluding carboxylic acids is 2. The van der Waals surface area contributed by atoms with Crippen molar-refractivity contribution in [2.45, 2.75) is 81.7 Å². The molecule has 2 aromatic carbocycles. The number of benzene rings is 2. The van der Waals surface area contributed by atoms with E-state index in [2.05, 4.69) is 32.3 Å². The number of nitrogens with zero attached hydrogens (tertiary/aromatic N) is 6. The van der Waals surface area contributed by atoms with Crippen LogP contribution in [0.5, 0.6) is 0 Å². The second-order valence-electron chi connectivity index (χ2n) is 15.7. The van der Waals surface area contributed by atoms with Gasteiger partial charge < -0.3 is 10.4 Å². The zero-order valence-electron chi connectivity index (χ0n) is 35.5. The number of alkyl halides is 8. The first-order chi connectivity index (χ1) is 31.1. The lowest BCUT2D eigenvalue weighted by Crippen LogP contribution is -2.35. The largest absolute Gasteiger partial charge is 0.478 e. The molecule has 3 aromatic heterocycles. The van der Waals surface area contributed by atoms with Gasteiger partial charge in [0.1, 0.15) is 36.1 Å². The van der Waals surface area contributed by atoms with Crippen molar-refractivity contribution < 1.29 is 63.4 Å². The monoisotopic (exact) mass is 1000 g/mol. The van der Waals surface area contributed by atoms with Crippen molar-refractivity contribution in [3.8, 4) is 23.0 Å². The molecule has 1 unspecified atom stereocenters. The lowest BCUT2D eigenvalue weighted by atomic mass is 9.93. The van der Waals surface area contributed by atoms with Gasteiger partial charge in [0.15, 0.2) is 11.5 Å². The molecule has 0 saturated carbocycles. The molecule has 0 spiro atoms. The van der Waals surface area contributed by atoms with Crippen LogP contribution in [0.3, 0.4) is 0 Å². The SMILES string of the molecule is CSN(C(=O)/C=C/C(=O)O)c1nn(CC(F)(F)F)c2c(-c3ccc(C#CC(C)(C)SC)nc3C(Cc3cc(F)cc(F)c3)NC(=O)Cn3nc(C(F)(F)F)c4c3C(F)(F)C[C@@H]4C)ccc(Cl)c12. The number of fused-ring (bicyclic) bond motifs is 2. The van der Waals surface area contributed by atoms with Crippen LogP contribution in [0, 0.1) is 23.5 Å². The Hall–Kier alpha value is -5.73. The van der Waals surface area contributed by atoms with E-state index in [1.807, 2.05) is 0 Å². The predicted molar refractivity (Wildman–Crippen MR) is 231 cm³/mol. The Bertz CT molecular complexity index is 2850. The number of hydrogen-bond acceptors (Lipinski definition) is 8. The van der Waals surface area contributed by atoms with Gasteiger partial charge in [0, 0.05) is 47.6 Å². The van der Waals surface area contributed by atoms with Crippen LogP contribution in [0.4, 0.5) is 49.7 Å². The summed E-state index contributed by atoms with van der Waals surface area (Å²) in [5, 5.41) is 18.7. The smallest absolute Gasteiger partial charge is 0.435 e. The Balaban J connectivity index is 1.62. The summed E-state index contributed by atoms with van der Waals surface area (Å²) in [6.07, 6.45) is -7.46. The number of nitrogens with one attached hydrogen (secondary N) is 1. The third-order valence-electron chi connectivity index (χ3n) is 10.3. The predicted octanol–water partition coefficient (Wildman–Crippen LogP) is 10.3. The number of aromatic nitrogens is 5. The van der Waals surface area contributed by atoms with Gasteiger partial charge >= 0.3 is 18.3 Å². The lowest BCUT2D eigenvalue weighted by molar-refractivity contribution is -0.143. The fraction of sp³-hybridized carbons (Fsp3) is 0.349. The average molecular weight is 1000 g/mol. The minimum atomic E-state index is -5.19. The van der Waals surface area contributed by atoms with Gasteiger partial charge in [-0.25, -0.2) is 22.9 Å². The first-order valence-corrected chi connectivity index (χ1v) is 22.4. The average Bonchev–Trinajstić information content (AvgIpc) is 3.86. The molecular weight excluding hydrogens is 968 g/mol. The molecule has 2 atom stereocenters. The van der Waals surface area contributed by atoms with Gasteiger partial charge in [-0.2, -0.15) is 45.3 Å². The van der Waals surface area contributed by atoms with Crippen LogP contribution < -0.4 is 9.62 Å².